The average molecular weight is 428 g/mol. The summed E-state index contributed by atoms with van der Waals surface area (Å²) in [5.41, 5.74) is 3.36. The van der Waals surface area contributed by atoms with E-state index in [2.05, 4.69) is 26.1 Å². The van der Waals surface area contributed by atoms with Crippen LogP contribution in [-0.4, -0.2) is 16.6 Å². The van der Waals surface area contributed by atoms with Gasteiger partial charge in [0.05, 0.1) is 4.92 Å². The molecule has 0 bridgehead atoms. The minimum absolute atomic E-state index is 0.00770. The number of hydrogen-bond donors (Lipinski definition) is 1. The van der Waals surface area contributed by atoms with E-state index >= 15 is 0 Å². The Morgan fingerprint density at radius 3 is 2.16 bits per heavy atom. The number of nitro groups is 1. The molecule has 6 heteroatoms. The number of carbonyl (C=O) groups excluding carboxylic acids is 2. The summed E-state index contributed by atoms with van der Waals surface area (Å²) >= 11 is 0. The maximum Gasteiger partial charge on any atom is 0.269 e. The highest BCUT2D eigenvalue weighted by Crippen LogP contribution is 2.23. The zero-order valence-corrected chi connectivity index (χ0v) is 18.2. The number of ketones is 1. The van der Waals surface area contributed by atoms with Crippen LogP contribution in [0.1, 0.15) is 47.8 Å². The summed E-state index contributed by atoms with van der Waals surface area (Å²) < 4.78 is 0. The second-order valence-corrected chi connectivity index (χ2v) is 8.41. The normalized spacial score (nSPS) is 11.3. The molecule has 162 valence electrons. The van der Waals surface area contributed by atoms with Gasteiger partial charge in [-0.2, -0.15) is 0 Å². The summed E-state index contributed by atoms with van der Waals surface area (Å²) in [6.45, 7) is 6.35. The molecule has 3 rings (SSSR count). The smallest absolute Gasteiger partial charge is 0.269 e. The number of rotatable bonds is 6. The molecular formula is C26H24N2O4. The lowest BCUT2D eigenvalue weighted by Crippen LogP contribution is -2.11. The van der Waals surface area contributed by atoms with E-state index in [1.165, 1.54) is 18.2 Å². The number of amides is 1. The van der Waals surface area contributed by atoms with Crippen LogP contribution in [0.4, 0.5) is 11.4 Å². The fourth-order valence-corrected chi connectivity index (χ4v) is 3.09. The highest BCUT2D eigenvalue weighted by molar-refractivity contribution is 6.10. The number of nitro benzene ring substituents is 1. The van der Waals surface area contributed by atoms with Gasteiger partial charge in [-0.1, -0.05) is 57.2 Å². The first-order valence-electron chi connectivity index (χ1n) is 10.1. The molecule has 1 N–H and O–H groups in total. The highest BCUT2D eigenvalue weighted by Gasteiger charge is 2.15. The van der Waals surface area contributed by atoms with Crippen LogP contribution >= 0.6 is 0 Å². The van der Waals surface area contributed by atoms with Crippen LogP contribution in [0.25, 0.3) is 6.08 Å². The van der Waals surface area contributed by atoms with Crippen molar-refractivity contribution in [3.05, 3.63) is 111 Å². The molecule has 0 heterocycles. The van der Waals surface area contributed by atoms with Gasteiger partial charge in [0.25, 0.3) is 5.69 Å². The molecule has 0 aliphatic heterocycles. The summed E-state index contributed by atoms with van der Waals surface area (Å²) in [6.07, 6.45) is 2.89. The number of nitrogens with one attached hydrogen (secondary N) is 1. The van der Waals surface area contributed by atoms with Gasteiger partial charge in [-0.25, -0.2) is 0 Å². The zero-order chi connectivity index (χ0) is 23.3. The monoisotopic (exact) mass is 428 g/mol. The first kappa shape index (κ1) is 22.6. The van der Waals surface area contributed by atoms with Gasteiger partial charge in [-0.15, -0.1) is 0 Å². The summed E-state index contributed by atoms with van der Waals surface area (Å²) in [4.78, 5) is 35.3. The van der Waals surface area contributed by atoms with Crippen molar-refractivity contribution in [3.63, 3.8) is 0 Å². The van der Waals surface area contributed by atoms with E-state index in [1.54, 1.807) is 42.5 Å². The largest absolute Gasteiger partial charge is 0.322 e. The van der Waals surface area contributed by atoms with E-state index in [-0.39, 0.29) is 22.8 Å². The van der Waals surface area contributed by atoms with Gasteiger partial charge in [0, 0.05) is 35.0 Å². The van der Waals surface area contributed by atoms with Crippen molar-refractivity contribution < 1.29 is 14.5 Å². The van der Waals surface area contributed by atoms with Gasteiger partial charge >= 0.3 is 0 Å². The van der Waals surface area contributed by atoms with Crippen LogP contribution in [0.2, 0.25) is 0 Å². The van der Waals surface area contributed by atoms with Crippen LogP contribution < -0.4 is 5.32 Å². The molecule has 0 radical (unpaired) electrons. The van der Waals surface area contributed by atoms with Crippen molar-refractivity contribution in [2.45, 2.75) is 26.2 Å². The van der Waals surface area contributed by atoms with Crippen molar-refractivity contribution in [2.24, 2.45) is 0 Å². The molecule has 0 aromatic heterocycles. The molecule has 0 aliphatic rings. The van der Waals surface area contributed by atoms with E-state index in [0.29, 0.717) is 22.4 Å². The van der Waals surface area contributed by atoms with Crippen LogP contribution in [0.3, 0.4) is 0 Å². The van der Waals surface area contributed by atoms with Gasteiger partial charge in [-0.05, 0) is 46.9 Å². The van der Waals surface area contributed by atoms with Gasteiger partial charge in [0.2, 0.25) is 5.91 Å². The Labute approximate surface area is 186 Å². The van der Waals surface area contributed by atoms with Gasteiger partial charge in [0.15, 0.2) is 5.78 Å². The fourth-order valence-electron chi connectivity index (χ4n) is 3.09. The molecule has 3 aromatic carbocycles. The molecule has 32 heavy (non-hydrogen) atoms. The standard InChI is InChI=1S/C26H24N2O4/c1-26(2,3)21-12-10-19(11-13-21)25(30)20-5-4-6-22(17-20)27-24(29)16-9-18-7-14-23(15-8-18)28(31)32/h4-17H,1-3H3,(H,27,29)/b16-9+. The Morgan fingerprint density at radius 1 is 0.906 bits per heavy atom. The number of non-ortho nitro benzene ring substituents is 1. The average Bonchev–Trinajstić information content (AvgIpc) is 2.77. The Bertz CT molecular complexity index is 1170. The maximum atomic E-state index is 12.9. The van der Waals surface area contributed by atoms with Gasteiger partial charge in [-0.3, -0.25) is 19.7 Å². The maximum absolute atomic E-state index is 12.9. The lowest BCUT2D eigenvalue weighted by molar-refractivity contribution is -0.384. The Kier molecular flexibility index (Phi) is 6.64. The molecular weight excluding hydrogens is 404 g/mol. The SMILES string of the molecule is CC(C)(C)c1ccc(C(=O)c2cccc(NC(=O)/C=C/c3ccc([N+](=O)[O-])cc3)c2)cc1. The molecule has 0 fully saturated rings. The molecule has 0 saturated carbocycles. The van der Waals surface area contributed by atoms with E-state index in [0.717, 1.165) is 5.56 Å². The third kappa shape index (κ3) is 5.76. The first-order valence-corrected chi connectivity index (χ1v) is 10.1. The molecule has 6 nitrogen and oxygen atoms in total. The van der Waals surface area contributed by atoms with Gasteiger partial charge in [0.1, 0.15) is 0 Å². The van der Waals surface area contributed by atoms with Crippen molar-refractivity contribution in [3.8, 4) is 0 Å². The predicted molar refractivity (Wildman–Crippen MR) is 126 cm³/mol. The van der Waals surface area contributed by atoms with Gasteiger partial charge < -0.3 is 5.32 Å². The number of carbonyl (C=O) groups is 2. The summed E-state index contributed by atoms with van der Waals surface area (Å²) in [6, 6.07) is 20.2. The first-order chi connectivity index (χ1) is 15.1. The second kappa shape index (κ2) is 9.39. The Hall–Kier alpha value is -4.06. The van der Waals surface area contributed by atoms with Crippen molar-refractivity contribution >= 4 is 29.1 Å². The fraction of sp³-hybridized carbons (Fsp3) is 0.154. The van der Waals surface area contributed by atoms with Crippen LogP contribution in [0.5, 0.6) is 0 Å². The lowest BCUT2D eigenvalue weighted by Gasteiger charge is -2.19. The highest BCUT2D eigenvalue weighted by atomic mass is 16.6. The number of anilines is 1. The molecule has 0 spiro atoms. The minimum Gasteiger partial charge on any atom is -0.322 e. The molecule has 3 aromatic rings. The Balaban J connectivity index is 1.68. The van der Waals surface area contributed by atoms with E-state index in [1.807, 2.05) is 24.3 Å². The quantitative estimate of drug-likeness (QED) is 0.233. The Morgan fingerprint density at radius 2 is 1.56 bits per heavy atom. The second-order valence-electron chi connectivity index (χ2n) is 8.41. The summed E-state index contributed by atoms with van der Waals surface area (Å²) in [7, 11) is 0. The van der Waals surface area contributed by atoms with Crippen molar-refractivity contribution in [1.82, 2.24) is 0 Å². The molecule has 0 unspecified atom stereocenters. The van der Waals surface area contributed by atoms with Crippen LogP contribution in [0, 0.1) is 10.1 Å². The molecule has 0 aliphatic carbocycles. The predicted octanol–water partition coefficient (Wildman–Crippen LogP) is 5.78. The van der Waals surface area contributed by atoms with Crippen molar-refractivity contribution in [1.29, 1.82) is 0 Å². The van der Waals surface area contributed by atoms with E-state index in [4.69, 9.17) is 0 Å². The summed E-state index contributed by atoms with van der Waals surface area (Å²) in [5.74, 6) is -0.495. The van der Waals surface area contributed by atoms with Crippen LogP contribution in [0.15, 0.2) is 78.9 Å². The summed E-state index contributed by atoms with van der Waals surface area (Å²) in [5, 5.41) is 13.4. The number of nitrogens with zero attached hydrogens (tertiary/aromatic N) is 1. The third-order valence-electron chi connectivity index (χ3n) is 4.94. The molecule has 0 atom stereocenters. The number of hydrogen-bond acceptors (Lipinski definition) is 4. The topological polar surface area (TPSA) is 89.3 Å². The molecule has 1 amide bonds. The third-order valence-corrected chi connectivity index (χ3v) is 4.94. The van der Waals surface area contributed by atoms with E-state index in [9.17, 15) is 19.7 Å². The molecule has 0 saturated heterocycles. The van der Waals surface area contributed by atoms with E-state index < -0.39 is 4.92 Å². The number of benzene rings is 3. The zero-order valence-electron chi connectivity index (χ0n) is 18.2. The van der Waals surface area contributed by atoms with Crippen molar-refractivity contribution in [2.75, 3.05) is 5.32 Å². The lowest BCUT2D eigenvalue weighted by atomic mass is 9.86. The minimum atomic E-state index is -0.479. The van der Waals surface area contributed by atoms with Crippen LogP contribution in [-0.2, 0) is 10.2 Å².